The maximum Gasteiger partial charge on any atom is 0.166 e. The van der Waals surface area contributed by atoms with E-state index in [0.717, 1.165) is 5.56 Å². The Labute approximate surface area is 167 Å². The molecule has 3 heteroatoms. The summed E-state index contributed by atoms with van der Waals surface area (Å²) in [5.74, 6) is -0.300. The second kappa shape index (κ2) is 8.99. The zero-order valence-corrected chi connectivity index (χ0v) is 17.1. The van der Waals surface area contributed by atoms with E-state index in [4.69, 9.17) is 0 Å². The molecule has 142 valence electrons. The molecule has 0 aliphatic rings. The van der Waals surface area contributed by atoms with Crippen LogP contribution in [-0.2, 0) is 9.36 Å². The first kappa shape index (κ1) is 20.0. The van der Waals surface area contributed by atoms with Gasteiger partial charge < -0.3 is 4.57 Å². The van der Waals surface area contributed by atoms with E-state index in [-0.39, 0.29) is 11.7 Å². The van der Waals surface area contributed by atoms with Crippen LogP contribution >= 0.6 is 7.14 Å². The highest BCUT2D eigenvalue weighted by Crippen LogP contribution is 2.54. The van der Waals surface area contributed by atoms with E-state index in [0.29, 0.717) is 10.6 Å². The summed E-state index contributed by atoms with van der Waals surface area (Å²) < 4.78 is 14.8. The van der Waals surface area contributed by atoms with Crippen LogP contribution in [0.25, 0.3) is 0 Å². The van der Waals surface area contributed by atoms with E-state index in [2.05, 4.69) is 0 Å². The summed E-state index contributed by atoms with van der Waals surface area (Å²) in [5, 5.41) is 1.43. The number of hydrogen-bond donors (Lipinski definition) is 0. The molecule has 0 bridgehead atoms. The van der Waals surface area contributed by atoms with Crippen LogP contribution in [0.15, 0.2) is 103 Å². The van der Waals surface area contributed by atoms with Gasteiger partial charge in [-0.15, -0.1) is 0 Å². The van der Waals surface area contributed by atoms with Crippen molar-refractivity contribution in [1.29, 1.82) is 0 Å². The third-order valence-electron chi connectivity index (χ3n) is 5.09. The van der Waals surface area contributed by atoms with Crippen molar-refractivity contribution in [1.82, 2.24) is 0 Å². The molecule has 0 aliphatic carbocycles. The highest BCUT2D eigenvalue weighted by atomic mass is 31.2. The fourth-order valence-electron chi connectivity index (χ4n) is 3.71. The first-order valence-electron chi connectivity index (χ1n) is 9.51. The number of carbonyl (C=O) groups excluding carboxylic acids is 1. The van der Waals surface area contributed by atoms with Crippen molar-refractivity contribution < 1.29 is 9.36 Å². The van der Waals surface area contributed by atoms with Crippen molar-refractivity contribution >= 4 is 23.5 Å². The van der Waals surface area contributed by atoms with Gasteiger partial charge in [0.05, 0.1) is 5.66 Å². The van der Waals surface area contributed by atoms with Gasteiger partial charge in [0.1, 0.15) is 0 Å². The highest BCUT2D eigenvalue weighted by Gasteiger charge is 2.43. The Bertz CT molecular complexity index is 935. The Morgan fingerprint density at radius 1 is 0.786 bits per heavy atom. The maximum atomic E-state index is 14.8. The quantitative estimate of drug-likeness (QED) is 0.406. The van der Waals surface area contributed by atoms with Crippen LogP contribution in [-0.4, -0.2) is 11.4 Å². The van der Waals surface area contributed by atoms with Crippen LogP contribution in [0.3, 0.4) is 0 Å². The second-order valence-electron chi connectivity index (χ2n) is 6.88. The van der Waals surface area contributed by atoms with Gasteiger partial charge in [-0.05, 0) is 24.5 Å². The number of carbonyl (C=O) groups is 1. The molecular weight excluding hydrogens is 363 g/mol. The Morgan fingerprint density at radius 2 is 1.21 bits per heavy atom. The molecule has 0 radical (unpaired) electrons. The minimum Gasteiger partial charge on any atom is -0.313 e. The molecule has 3 rings (SSSR count). The van der Waals surface area contributed by atoms with E-state index in [1.807, 2.05) is 105 Å². The normalized spacial score (nSPS) is 13.9. The average molecular weight is 388 g/mol. The zero-order valence-electron chi connectivity index (χ0n) is 16.2. The number of rotatable bonds is 7. The van der Waals surface area contributed by atoms with Crippen molar-refractivity contribution in [2.75, 3.05) is 0 Å². The van der Waals surface area contributed by atoms with E-state index in [1.54, 1.807) is 12.2 Å². The first-order valence-corrected chi connectivity index (χ1v) is 11.3. The van der Waals surface area contributed by atoms with E-state index < -0.39 is 12.8 Å². The predicted octanol–water partition coefficient (Wildman–Crippen LogP) is 5.32. The standard InChI is InChI=1S/C25H25O2P/c1-3-13-24(26)25(20(2)21-14-7-4-8-15-21)28(27,22-16-9-5-10-17-22)23-18-11-6-12-19-23/h3-20,25H,1-2H3/b13-3+/t20-,25+/m1/s1. The van der Waals surface area contributed by atoms with Crippen LogP contribution in [0, 0.1) is 0 Å². The van der Waals surface area contributed by atoms with E-state index >= 15 is 0 Å². The Balaban J connectivity index is 2.26. The van der Waals surface area contributed by atoms with Gasteiger partial charge >= 0.3 is 0 Å². The van der Waals surface area contributed by atoms with Gasteiger partial charge in [0.2, 0.25) is 0 Å². The number of allylic oxidation sites excluding steroid dienone is 2. The Kier molecular flexibility index (Phi) is 6.44. The molecule has 0 spiro atoms. The molecule has 2 atom stereocenters. The molecule has 0 unspecified atom stereocenters. The lowest BCUT2D eigenvalue weighted by Crippen LogP contribution is -2.34. The van der Waals surface area contributed by atoms with Crippen LogP contribution in [0.5, 0.6) is 0 Å². The molecule has 28 heavy (non-hydrogen) atoms. The molecule has 0 N–H and O–H groups in total. The topological polar surface area (TPSA) is 34.1 Å². The summed E-state index contributed by atoms with van der Waals surface area (Å²) in [7, 11) is -3.24. The zero-order chi connectivity index (χ0) is 20.0. The van der Waals surface area contributed by atoms with Crippen molar-refractivity contribution in [3.05, 3.63) is 109 Å². The summed E-state index contributed by atoms with van der Waals surface area (Å²) in [4.78, 5) is 13.3. The Hall–Kier alpha value is -2.70. The smallest absolute Gasteiger partial charge is 0.166 e. The lowest BCUT2D eigenvalue weighted by atomic mass is 9.95. The highest BCUT2D eigenvalue weighted by molar-refractivity contribution is 7.80. The van der Waals surface area contributed by atoms with Gasteiger partial charge in [0, 0.05) is 10.6 Å². The molecule has 0 saturated carbocycles. The minimum absolute atomic E-state index is 0.102. The lowest BCUT2D eigenvalue weighted by molar-refractivity contribution is -0.114. The summed E-state index contributed by atoms with van der Waals surface area (Å²) >= 11 is 0. The predicted molar refractivity (Wildman–Crippen MR) is 118 cm³/mol. The minimum atomic E-state index is -3.24. The SMILES string of the molecule is C/C=C/C(=O)[C@H]([C@H](C)c1ccccc1)P(=O)(c1ccccc1)c1ccccc1. The lowest BCUT2D eigenvalue weighted by Gasteiger charge is -2.31. The molecule has 0 saturated heterocycles. The average Bonchev–Trinajstić information content (AvgIpc) is 2.75. The summed E-state index contributed by atoms with van der Waals surface area (Å²) in [6.07, 6.45) is 3.29. The number of benzene rings is 3. The molecule has 3 aromatic carbocycles. The van der Waals surface area contributed by atoms with Crippen LogP contribution in [0.2, 0.25) is 0 Å². The number of ketones is 1. The summed E-state index contributed by atoms with van der Waals surface area (Å²) in [6, 6.07) is 28.7. The molecule has 0 amide bonds. The first-order chi connectivity index (χ1) is 13.6. The van der Waals surface area contributed by atoms with Gasteiger partial charge in [-0.25, -0.2) is 0 Å². The Morgan fingerprint density at radius 3 is 1.64 bits per heavy atom. The van der Waals surface area contributed by atoms with Crippen LogP contribution < -0.4 is 10.6 Å². The molecular formula is C25H25O2P. The van der Waals surface area contributed by atoms with Crippen molar-refractivity contribution in [3.8, 4) is 0 Å². The maximum absolute atomic E-state index is 14.8. The van der Waals surface area contributed by atoms with Gasteiger partial charge in [-0.3, -0.25) is 4.79 Å². The fourth-order valence-corrected chi connectivity index (χ4v) is 7.13. The second-order valence-corrected chi connectivity index (χ2v) is 9.78. The molecule has 0 aromatic heterocycles. The van der Waals surface area contributed by atoms with Crippen molar-refractivity contribution in [2.24, 2.45) is 0 Å². The van der Waals surface area contributed by atoms with Crippen molar-refractivity contribution in [2.45, 2.75) is 25.4 Å². The molecule has 0 aliphatic heterocycles. The van der Waals surface area contributed by atoms with E-state index in [1.165, 1.54) is 0 Å². The van der Waals surface area contributed by atoms with Crippen molar-refractivity contribution in [3.63, 3.8) is 0 Å². The third-order valence-corrected chi connectivity index (χ3v) is 8.71. The monoisotopic (exact) mass is 388 g/mol. The van der Waals surface area contributed by atoms with Gasteiger partial charge in [0.15, 0.2) is 12.9 Å². The third kappa shape index (κ3) is 3.93. The molecule has 2 nitrogen and oxygen atoms in total. The van der Waals surface area contributed by atoms with Gasteiger partial charge in [0.25, 0.3) is 0 Å². The van der Waals surface area contributed by atoms with Gasteiger partial charge in [-0.1, -0.05) is 104 Å². The molecule has 0 heterocycles. The van der Waals surface area contributed by atoms with Crippen LogP contribution in [0.4, 0.5) is 0 Å². The summed E-state index contributed by atoms with van der Waals surface area (Å²) in [5.41, 5.74) is 0.341. The fraction of sp³-hybridized carbons (Fsp3) is 0.160. The van der Waals surface area contributed by atoms with Gasteiger partial charge in [-0.2, -0.15) is 0 Å². The van der Waals surface area contributed by atoms with Crippen LogP contribution in [0.1, 0.15) is 25.3 Å². The molecule has 3 aromatic rings. The van der Waals surface area contributed by atoms with E-state index in [9.17, 15) is 9.36 Å². The molecule has 0 fully saturated rings. The number of hydrogen-bond acceptors (Lipinski definition) is 2. The largest absolute Gasteiger partial charge is 0.313 e. The summed E-state index contributed by atoms with van der Waals surface area (Å²) in [6.45, 7) is 3.82.